The van der Waals surface area contributed by atoms with Crippen LogP contribution in [0.3, 0.4) is 0 Å². The molecule has 0 aliphatic carbocycles. The molecule has 1 aromatic heterocycles. The van der Waals surface area contributed by atoms with Crippen LogP contribution >= 0.6 is 0 Å². The van der Waals surface area contributed by atoms with Gasteiger partial charge in [-0.3, -0.25) is 4.79 Å². The molecule has 0 bridgehead atoms. The van der Waals surface area contributed by atoms with E-state index in [1.54, 1.807) is 6.92 Å². The van der Waals surface area contributed by atoms with E-state index in [0.717, 1.165) is 0 Å². The normalized spacial score (nSPS) is 12.2. The number of aromatic nitrogens is 2. The van der Waals surface area contributed by atoms with E-state index < -0.39 is 0 Å². The van der Waals surface area contributed by atoms with Crippen LogP contribution in [0.15, 0.2) is 12.4 Å². The Morgan fingerprint density at radius 2 is 1.94 bits per heavy atom. The Bertz CT molecular complexity index is 363. The Labute approximate surface area is 101 Å². The third-order valence-corrected chi connectivity index (χ3v) is 2.10. The number of nitrogens with zero attached hydrogens (tertiary/aromatic N) is 2. The minimum Gasteiger partial charge on any atom is -0.396 e. The first kappa shape index (κ1) is 13.2. The number of hydrogen-bond acceptors (Lipinski definition) is 5. The van der Waals surface area contributed by atoms with E-state index >= 15 is 0 Å². The Morgan fingerprint density at radius 1 is 1.35 bits per heavy atom. The van der Waals surface area contributed by atoms with Crippen molar-refractivity contribution in [1.82, 2.24) is 15.3 Å². The van der Waals surface area contributed by atoms with E-state index in [2.05, 4.69) is 20.6 Å². The third kappa shape index (κ3) is 4.67. The Balaban J connectivity index is 2.45. The van der Waals surface area contributed by atoms with E-state index in [-0.39, 0.29) is 11.9 Å². The predicted octanol–water partition coefficient (Wildman–Crippen LogP) is 0.631. The molecular formula is C11H19N5O. The van der Waals surface area contributed by atoms with E-state index in [0.29, 0.717) is 24.1 Å². The van der Waals surface area contributed by atoms with Gasteiger partial charge in [0.25, 0.3) is 0 Å². The van der Waals surface area contributed by atoms with E-state index in [1.165, 1.54) is 12.4 Å². The summed E-state index contributed by atoms with van der Waals surface area (Å²) >= 11 is 0. The van der Waals surface area contributed by atoms with Crippen molar-refractivity contribution in [3.05, 3.63) is 12.4 Å². The molecule has 0 aromatic carbocycles. The summed E-state index contributed by atoms with van der Waals surface area (Å²) in [6.45, 7) is 6.51. The topological polar surface area (TPSA) is 92.9 Å². The quantitative estimate of drug-likeness (QED) is 0.698. The molecule has 1 heterocycles. The molecule has 0 aliphatic heterocycles. The SMILES string of the molecule is CC(C)CNC(=O)C(C)Nc1ncc(N)cn1. The predicted molar refractivity (Wildman–Crippen MR) is 67.4 cm³/mol. The maximum absolute atomic E-state index is 11.7. The maximum atomic E-state index is 11.7. The lowest BCUT2D eigenvalue weighted by atomic mass is 10.2. The molecule has 0 fully saturated rings. The lowest BCUT2D eigenvalue weighted by Gasteiger charge is -2.14. The second-order valence-electron chi connectivity index (χ2n) is 4.35. The Morgan fingerprint density at radius 3 is 2.47 bits per heavy atom. The van der Waals surface area contributed by atoms with Crippen molar-refractivity contribution in [2.75, 3.05) is 17.6 Å². The minimum atomic E-state index is -0.377. The first-order chi connectivity index (χ1) is 7.99. The van der Waals surface area contributed by atoms with Crippen LogP contribution in [0.5, 0.6) is 0 Å². The van der Waals surface area contributed by atoms with Crippen molar-refractivity contribution >= 4 is 17.5 Å². The zero-order valence-electron chi connectivity index (χ0n) is 10.4. The number of nitrogens with one attached hydrogen (secondary N) is 2. The molecule has 17 heavy (non-hydrogen) atoms. The van der Waals surface area contributed by atoms with Crippen LogP contribution < -0.4 is 16.4 Å². The van der Waals surface area contributed by atoms with Crippen LogP contribution in [0.2, 0.25) is 0 Å². The molecule has 0 radical (unpaired) electrons. The summed E-state index contributed by atoms with van der Waals surface area (Å²) in [5.41, 5.74) is 5.96. The number of nitrogens with two attached hydrogens (primary N) is 1. The highest BCUT2D eigenvalue weighted by atomic mass is 16.2. The van der Waals surface area contributed by atoms with Crippen molar-refractivity contribution in [3.63, 3.8) is 0 Å². The minimum absolute atomic E-state index is 0.0703. The highest BCUT2D eigenvalue weighted by molar-refractivity contribution is 5.83. The first-order valence-electron chi connectivity index (χ1n) is 5.60. The maximum Gasteiger partial charge on any atom is 0.242 e. The fourth-order valence-corrected chi connectivity index (χ4v) is 1.13. The van der Waals surface area contributed by atoms with Crippen LogP contribution in [0, 0.1) is 5.92 Å². The zero-order valence-corrected chi connectivity index (χ0v) is 10.4. The largest absolute Gasteiger partial charge is 0.396 e. The van der Waals surface area contributed by atoms with Gasteiger partial charge in [-0.25, -0.2) is 9.97 Å². The molecule has 1 atom stereocenters. The number of hydrogen-bond donors (Lipinski definition) is 3. The summed E-state index contributed by atoms with van der Waals surface area (Å²) in [7, 11) is 0. The third-order valence-electron chi connectivity index (χ3n) is 2.10. The molecule has 6 heteroatoms. The molecule has 0 saturated carbocycles. The highest BCUT2D eigenvalue weighted by Gasteiger charge is 2.13. The molecule has 1 rings (SSSR count). The fourth-order valence-electron chi connectivity index (χ4n) is 1.13. The average Bonchev–Trinajstić information content (AvgIpc) is 2.28. The van der Waals surface area contributed by atoms with Gasteiger partial charge in [0, 0.05) is 6.54 Å². The average molecular weight is 237 g/mol. The first-order valence-corrected chi connectivity index (χ1v) is 5.60. The second kappa shape index (κ2) is 6.03. The number of amides is 1. The lowest BCUT2D eigenvalue weighted by molar-refractivity contribution is -0.121. The van der Waals surface area contributed by atoms with Gasteiger partial charge in [-0.05, 0) is 12.8 Å². The number of nitrogen functional groups attached to an aromatic ring is 1. The molecular weight excluding hydrogens is 218 g/mol. The van der Waals surface area contributed by atoms with E-state index in [9.17, 15) is 4.79 Å². The smallest absolute Gasteiger partial charge is 0.242 e. The molecule has 1 amide bonds. The van der Waals surface area contributed by atoms with Crippen molar-refractivity contribution in [1.29, 1.82) is 0 Å². The second-order valence-corrected chi connectivity index (χ2v) is 4.35. The number of rotatable bonds is 5. The van der Waals surface area contributed by atoms with Gasteiger partial charge in [-0.1, -0.05) is 13.8 Å². The number of anilines is 2. The van der Waals surface area contributed by atoms with Crippen molar-refractivity contribution in [3.8, 4) is 0 Å². The summed E-state index contributed by atoms with van der Waals surface area (Å²) < 4.78 is 0. The lowest BCUT2D eigenvalue weighted by Crippen LogP contribution is -2.39. The molecule has 94 valence electrons. The van der Waals surface area contributed by atoms with Crippen LogP contribution in [0.4, 0.5) is 11.6 Å². The Kier molecular flexibility index (Phi) is 4.68. The molecule has 0 spiro atoms. The van der Waals surface area contributed by atoms with Crippen LogP contribution in [0.1, 0.15) is 20.8 Å². The fraction of sp³-hybridized carbons (Fsp3) is 0.545. The van der Waals surface area contributed by atoms with Gasteiger partial charge in [-0.2, -0.15) is 0 Å². The molecule has 1 aromatic rings. The summed E-state index contributed by atoms with van der Waals surface area (Å²) in [6, 6.07) is -0.377. The van der Waals surface area contributed by atoms with Crippen molar-refractivity contribution in [2.45, 2.75) is 26.8 Å². The zero-order chi connectivity index (χ0) is 12.8. The van der Waals surface area contributed by atoms with Gasteiger partial charge in [0.15, 0.2) is 0 Å². The van der Waals surface area contributed by atoms with E-state index in [1.807, 2.05) is 13.8 Å². The summed E-state index contributed by atoms with van der Waals surface area (Å²) in [5, 5.41) is 5.73. The molecule has 0 saturated heterocycles. The van der Waals surface area contributed by atoms with Gasteiger partial charge in [0.1, 0.15) is 6.04 Å². The summed E-state index contributed by atoms with van der Waals surface area (Å²) in [6.07, 6.45) is 2.99. The molecule has 4 N–H and O–H groups in total. The van der Waals surface area contributed by atoms with Gasteiger partial charge < -0.3 is 16.4 Å². The number of carbonyl (C=O) groups is 1. The van der Waals surface area contributed by atoms with Gasteiger partial charge in [-0.15, -0.1) is 0 Å². The van der Waals surface area contributed by atoms with Crippen molar-refractivity contribution < 1.29 is 4.79 Å². The molecule has 6 nitrogen and oxygen atoms in total. The monoisotopic (exact) mass is 237 g/mol. The van der Waals surface area contributed by atoms with Crippen LogP contribution in [-0.4, -0.2) is 28.5 Å². The van der Waals surface area contributed by atoms with Gasteiger partial charge >= 0.3 is 0 Å². The highest BCUT2D eigenvalue weighted by Crippen LogP contribution is 2.02. The van der Waals surface area contributed by atoms with Crippen molar-refractivity contribution in [2.24, 2.45) is 5.92 Å². The standard InChI is InChI=1S/C11H19N5O/c1-7(2)4-13-10(17)8(3)16-11-14-5-9(12)6-15-11/h5-8H,4,12H2,1-3H3,(H,13,17)(H,14,15,16). The van der Waals surface area contributed by atoms with Crippen LogP contribution in [0.25, 0.3) is 0 Å². The van der Waals surface area contributed by atoms with Gasteiger partial charge in [0.05, 0.1) is 18.1 Å². The molecule has 0 aliphatic rings. The molecule has 1 unspecified atom stereocenters. The summed E-state index contributed by atoms with van der Waals surface area (Å²) in [5.74, 6) is 0.754. The summed E-state index contributed by atoms with van der Waals surface area (Å²) in [4.78, 5) is 19.6. The van der Waals surface area contributed by atoms with Gasteiger partial charge in [0.2, 0.25) is 11.9 Å². The van der Waals surface area contributed by atoms with E-state index in [4.69, 9.17) is 5.73 Å². The number of carbonyl (C=O) groups excluding carboxylic acids is 1. The van der Waals surface area contributed by atoms with Crippen LogP contribution in [-0.2, 0) is 4.79 Å². The Hall–Kier alpha value is -1.85.